The van der Waals surface area contributed by atoms with Crippen LogP contribution in [0.15, 0.2) is 22.7 Å². The highest BCUT2D eigenvalue weighted by Gasteiger charge is 2.07. The Labute approximate surface area is 103 Å². The number of nitrogens with one attached hydrogen (secondary N) is 1. The molecule has 0 fully saturated rings. The van der Waals surface area contributed by atoms with Crippen molar-refractivity contribution in [2.75, 3.05) is 5.32 Å². The van der Waals surface area contributed by atoms with Gasteiger partial charge in [-0.3, -0.25) is 4.79 Å². The van der Waals surface area contributed by atoms with Crippen LogP contribution in [0.4, 0.5) is 5.69 Å². The molecule has 0 aliphatic rings. The van der Waals surface area contributed by atoms with Gasteiger partial charge in [0.15, 0.2) is 0 Å². The highest BCUT2D eigenvalue weighted by Crippen LogP contribution is 2.25. The van der Waals surface area contributed by atoms with Crippen molar-refractivity contribution in [3.8, 4) is 0 Å². The number of ketones is 1. The average Bonchev–Trinajstić information content (AvgIpc) is 2.22. The van der Waals surface area contributed by atoms with Crippen molar-refractivity contribution >= 4 is 33.3 Å². The van der Waals surface area contributed by atoms with Crippen LogP contribution in [-0.2, 0) is 9.59 Å². The summed E-state index contributed by atoms with van der Waals surface area (Å²) in [4.78, 5) is 22.2. The molecule has 0 unspecified atom stereocenters. The number of hydrogen-bond donors (Lipinski definition) is 1. The van der Waals surface area contributed by atoms with Gasteiger partial charge >= 0.3 is 0 Å². The summed E-state index contributed by atoms with van der Waals surface area (Å²) >= 11 is 3.41. The van der Waals surface area contributed by atoms with Crippen molar-refractivity contribution in [1.29, 1.82) is 0 Å². The molecule has 1 amide bonds. The van der Waals surface area contributed by atoms with Crippen molar-refractivity contribution < 1.29 is 9.59 Å². The normalized spacial score (nSPS) is 9.94. The molecule has 16 heavy (non-hydrogen) atoms. The van der Waals surface area contributed by atoms with Crippen molar-refractivity contribution in [2.45, 2.75) is 26.7 Å². The molecule has 0 spiro atoms. The molecule has 0 aromatic heterocycles. The van der Waals surface area contributed by atoms with Gasteiger partial charge in [0.1, 0.15) is 5.78 Å². The van der Waals surface area contributed by atoms with Crippen LogP contribution in [-0.4, -0.2) is 11.7 Å². The van der Waals surface area contributed by atoms with Crippen molar-refractivity contribution in [3.05, 3.63) is 28.2 Å². The van der Waals surface area contributed by atoms with E-state index in [2.05, 4.69) is 21.2 Å². The first-order valence-electron chi connectivity index (χ1n) is 5.05. The molecular formula is C12H14BrNO2. The second-order valence-electron chi connectivity index (χ2n) is 3.69. The number of anilines is 1. The van der Waals surface area contributed by atoms with Gasteiger partial charge in [0.05, 0.1) is 5.69 Å². The quantitative estimate of drug-likeness (QED) is 0.923. The lowest BCUT2D eigenvalue weighted by Gasteiger charge is -2.08. The molecule has 4 heteroatoms. The lowest BCUT2D eigenvalue weighted by atomic mass is 10.2. The molecule has 1 N–H and O–H groups in total. The number of carbonyl (C=O) groups excluding carboxylic acids is 2. The fourth-order valence-corrected chi connectivity index (χ4v) is 1.61. The summed E-state index contributed by atoms with van der Waals surface area (Å²) in [6.07, 6.45) is 0.519. The van der Waals surface area contributed by atoms with Gasteiger partial charge in [-0.2, -0.15) is 0 Å². The number of rotatable bonds is 4. The number of halogens is 1. The van der Waals surface area contributed by atoms with Crippen LogP contribution in [0, 0.1) is 6.92 Å². The zero-order chi connectivity index (χ0) is 12.1. The zero-order valence-electron chi connectivity index (χ0n) is 9.34. The van der Waals surface area contributed by atoms with Gasteiger partial charge in [-0.1, -0.05) is 12.1 Å². The lowest BCUT2D eigenvalue weighted by Crippen LogP contribution is -2.13. The molecule has 1 aromatic rings. The Bertz CT molecular complexity index is 415. The molecule has 0 aliphatic carbocycles. The predicted molar refractivity (Wildman–Crippen MR) is 67.4 cm³/mol. The molecule has 0 atom stereocenters. The molecule has 1 rings (SSSR count). The van der Waals surface area contributed by atoms with Crippen LogP contribution in [0.25, 0.3) is 0 Å². The Morgan fingerprint density at radius 1 is 1.31 bits per heavy atom. The Balaban J connectivity index is 2.63. The van der Waals surface area contributed by atoms with Crippen LogP contribution < -0.4 is 5.32 Å². The van der Waals surface area contributed by atoms with E-state index in [1.54, 1.807) is 0 Å². The third-order valence-corrected chi connectivity index (χ3v) is 3.22. The van der Waals surface area contributed by atoms with E-state index in [1.807, 2.05) is 25.1 Å². The topological polar surface area (TPSA) is 46.2 Å². The molecule has 0 bridgehead atoms. The summed E-state index contributed by atoms with van der Waals surface area (Å²) in [5, 5.41) is 2.77. The van der Waals surface area contributed by atoms with Gasteiger partial charge in [-0.05, 0) is 41.4 Å². The maximum absolute atomic E-state index is 11.5. The van der Waals surface area contributed by atoms with E-state index in [0.717, 1.165) is 15.7 Å². The smallest absolute Gasteiger partial charge is 0.224 e. The molecule has 0 saturated heterocycles. The summed E-state index contributed by atoms with van der Waals surface area (Å²) in [5.74, 6) is -0.111. The molecule has 0 radical (unpaired) electrons. The lowest BCUT2D eigenvalue weighted by molar-refractivity contribution is -0.121. The van der Waals surface area contributed by atoms with Crippen molar-refractivity contribution in [1.82, 2.24) is 0 Å². The second-order valence-corrected chi connectivity index (χ2v) is 4.48. The molecule has 0 saturated carbocycles. The first kappa shape index (κ1) is 12.9. The number of aryl methyl sites for hydroxylation is 1. The van der Waals surface area contributed by atoms with Gasteiger partial charge < -0.3 is 10.1 Å². The summed E-state index contributed by atoms with van der Waals surface area (Å²) in [5.41, 5.74) is 1.80. The number of Topliss-reactive ketones (excluding diaryl/α,β-unsaturated/α-hetero) is 1. The average molecular weight is 284 g/mol. The van der Waals surface area contributed by atoms with E-state index in [9.17, 15) is 9.59 Å². The number of hydrogen-bond acceptors (Lipinski definition) is 2. The van der Waals surface area contributed by atoms with Gasteiger partial charge in [0, 0.05) is 17.3 Å². The summed E-state index contributed by atoms with van der Waals surface area (Å²) in [7, 11) is 0. The molecule has 3 nitrogen and oxygen atoms in total. The molecule has 0 aliphatic heterocycles. The van der Waals surface area contributed by atoms with Gasteiger partial charge in [0.25, 0.3) is 0 Å². The predicted octanol–water partition coefficient (Wildman–Crippen LogP) is 3.07. The minimum absolute atomic E-state index is 0.0263. The van der Waals surface area contributed by atoms with E-state index in [1.165, 1.54) is 6.92 Å². The first-order chi connectivity index (χ1) is 7.50. The SMILES string of the molecule is CC(=O)CCC(=O)Nc1cccc(C)c1Br. The first-order valence-corrected chi connectivity index (χ1v) is 5.84. The third-order valence-electron chi connectivity index (χ3n) is 2.17. The highest BCUT2D eigenvalue weighted by atomic mass is 79.9. The monoisotopic (exact) mass is 283 g/mol. The number of amides is 1. The summed E-state index contributed by atoms with van der Waals surface area (Å²) < 4.78 is 0.881. The van der Waals surface area contributed by atoms with E-state index < -0.39 is 0 Å². The Morgan fingerprint density at radius 2 is 2.00 bits per heavy atom. The van der Waals surface area contributed by atoms with Crippen LogP contribution in [0.5, 0.6) is 0 Å². The van der Waals surface area contributed by atoms with Gasteiger partial charge in [0.2, 0.25) is 5.91 Å². The zero-order valence-corrected chi connectivity index (χ0v) is 10.9. The second kappa shape index (κ2) is 5.80. The van der Waals surface area contributed by atoms with E-state index in [0.29, 0.717) is 0 Å². The Kier molecular flexibility index (Phi) is 4.68. The van der Waals surface area contributed by atoms with Crippen LogP contribution in [0.3, 0.4) is 0 Å². The summed E-state index contributed by atoms with van der Waals surface area (Å²) in [6, 6.07) is 5.65. The minimum atomic E-state index is -0.137. The Hall–Kier alpha value is -1.16. The minimum Gasteiger partial charge on any atom is -0.325 e. The van der Waals surface area contributed by atoms with Crippen molar-refractivity contribution in [2.24, 2.45) is 0 Å². The maximum atomic E-state index is 11.5. The van der Waals surface area contributed by atoms with Gasteiger partial charge in [-0.25, -0.2) is 0 Å². The number of carbonyl (C=O) groups is 2. The van der Waals surface area contributed by atoms with Crippen LogP contribution in [0.2, 0.25) is 0 Å². The van der Waals surface area contributed by atoms with E-state index in [4.69, 9.17) is 0 Å². The van der Waals surface area contributed by atoms with E-state index in [-0.39, 0.29) is 24.5 Å². The third kappa shape index (κ3) is 3.77. The highest BCUT2D eigenvalue weighted by molar-refractivity contribution is 9.10. The maximum Gasteiger partial charge on any atom is 0.224 e. The van der Waals surface area contributed by atoms with Crippen molar-refractivity contribution in [3.63, 3.8) is 0 Å². The van der Waals surface area contributed by atoms with Gasteiger partial charge in [-0.15, -0.1) is 0 Å². The summed E-state index contributed by atoms with van der Waals surface area (Å²) in [6.45, 7) is 3.44. The molecular weight excluding hydrogens is 270 g/mol. The van der Waals surface area contributed by atoms with E-state index >= 15 is 0 Å². The standard InChI is InChI=1S/C12H14BrNO2/c1-8-4-3-5-10(12(8)13)14-11(16)7-6-9(2)15/h3-5H,6-7H2,1-2H3,(H,14,16). The number of benzene rings is 1. The molecule has 0 heterocycles. The molecule has 1 aromatic carbocycles. The van der Waals surface area contributed by atoms with Crippen LogP contribution in [0.1, 0.15) is 25.3 Å². The largest absolute Gasteiger partial charge is 0.325 e. The fraction of sp³-hybridized carbons (Fsp3) is 0.333. The molecule has 86 valence electrons. The van der Waals surface area contributed by atoms with Crippen LogP contribution >= 0.6 is 15.9 Å². The fourth-order valence-electron chi connectivity index (χ4n) is 1.25. The Morgan fingerprint density at radius 3 is 2.62 bits per heavy atom.